The Morgan fingerprint density at radius 2 is 1.00 bits per heavy atom. The van der Waals surface area contributed by atoms with Gasteiger partial charge in [0.2, 0.25) is 11.8 Å². The predicted molar refractivity (Wildman–Crippen MR) is 150 cm³/mol. The maximum Gasteiger partial charge on any atom is 0.246 e. The summed E-state index contributed by atoms with van der Waals surface area (Å²) in [6.45, 7) is 1.81. The number of hydrogen-bond acceptors (Lipinski definition) is 4. The van der Waals surface area contributed by atoms with Crippen molar-refractivity contribution >= 4 is 46.6 Å². The highest BCUT2D eigenvalue weighted by Crippen LogP contribution is 2.14. The number of nitrogens with zero attached hydrogens (tertiary/aromatic N) is 2. The van der Waals surface area contributed by atoms with Gasteiger partial charge < -0.3 is 9.80 Å². The molecule has 2 amide bonds. The molecule has 0 aliphatic rings. The molecule has 6 heteroatoms. The molecule has 2 aromatic carbocycles. The Hall–Kier alpha value is -3.74. The molecule has 4 rings (SSSR count). The largest absolute Gasteiger partial charge is 0.333 e. The third kappa shape index (κ3) is 7.90. The number of carbonyl (C=O) groups excluding carboxylic acids is 2. The van der Waals surface area contributed by atoms with E-state index in [1.165, 1.54) is 0 Å². The minimum absolute atomic E-state index is 0.0755. The van der Waals surface area contributed by atoms with Crippen LogP contribution in [0.15, 0.2) is 108 Å². The van der Waals surface area contributed by atoms with Gasteiger partial charge in [0.05, 0.1) is 0 Å². The third-order valence-electron chi connectivity index (χ3n) is 5.56. The van der Waals surface area contributed by atoms with E-state index in [1.54, 1.807) is 44.6 Å². The summed E-state index contributed by atoms with van der Waals surface area (Å²) in [6.07, 6.45) is 6.94. The predicted octanol–water partition coefficient (Wildman–Crippen LogP) is 6.59. The van der Waals surface area contributed by atoms with E-state index >= 15 is 0 Å². The van der Waals surface area contributed by atoms with Gasteiger partial charge in [-0.3, -0.25) is 9.59 Å². The third-order valence-corrected chi connectivity index (χ3v) is 7.24. The van der Waals surface area contributed by atoms with E-state index < -0.39 is 0 Å². The Morgan fingerprint density at radius 1 is 0.583 bits per heavy atom. The summed E-state index contributed by atoms with van der Waals surface area (Å²) in [4.78, 5) is 32.0. The normalized spacial score (nSPS) is 11.2. The molecule has 182 valence electrons. The fourth-order valence-electron chi connectivity index (χ4n) is 3.67. The summed E-state index contributed by atoms with van der Waals surface area (Å²) < 4.78 is 0. The Morgan fingerprint density at radius 3 is 1.36 bits per heavy atom. The van der Waals surface area contributed by atoms with Crippen molar-refractivity contribution in [3.63, 3.8) is 0 Å². The maximum absolute atomic E-state index is 13.2. The lowest BCUT2D eigenvalue weighted by Crippen LogP contribution is -2.39. The number of thiophene rings is 2. The van der Waals surface area contributed by atoms with Gasteiger partial charge in [-0.15, -0.1) is 22.7 Å². The van der Waals surface area contributed by atoms with Crippen LogP contribution in [0.4, 0.5) is 0 Å². The quantitative estimate of drug-likeness (QED) is 0.213. The van der Waals surface area contributed by atoms with Crippen LogP contribution in [-0.4, -0.2) is 34.7 Å². The van der Waals surface area contributed by atoms with Crippen LogP contribution in [0.1, 0.15) is 20.9 Å². The van der Waals surface area contributed by atoms with Crippen LogP contribution in [0, 0.1) is 0 Å². The Labute approximate surface area is 220 Å². The fourth-order valence-corrected chi connectivity index (χ4v) is 4.91. The highest BCUT2D eigenvalue weighted by atomic mass is 32.1. The van der Waals surface area contributed by atoms with Crippen LogP contribution in [-0.2, 0) is 22.7 Å². The number of benzene rings is 2. The Balaban J connectivity index is 1.50. The van der Waals surface area contributed by atoms with E-state index in [2.05, 4.69) is 0 Å². The van der Waals surface area contributed by atoms with E-state index in [1.807, 2.05) is 108 Å². The molecule has 0 saturated carbocycles. The minimum atomic E-state index is -0.0755. The van der Waals surface area contributed by atoms with E-state index in [0.29, 0.717) is 26.2 Å². The van der Waals surface area contributed by atoms with Crippen LogP contribution in [0.5, 0.6) is 0 Å². The van der Waals surface area contributed by atoms with Crippen molar-refractivity contribution in [2.75, 3.05) is 13.1 Å². The molecule has 4 aromatic rings. The molecule has 0 fully saturated rings. The maximum atomic E-state index is 13.2. The topological polar surface area (TPSA) is 40.6 Å². The van der Waals surface area contributed by atoms with Crippen LogP contribution >= 0.6 is 22.7 Å². The summed E-state index contributed by atoms with van der Waals surface area (Å²) in [5.74, 6) is -0.151. The van der Waals surface area contributed by atoms with E-state index in [-0.39, 0.29) is 11.8 Å². The Kier molecular flexibility index (Phi) is 9.42. The lowest BCUT2D eigenvalue weighted by atomic mass is 10.2. The summed E-state index contributed by atoms with van der Waals surface area (Å²) in [7, 11) is 0. The van der Waals surface area contributed by atoms with Crippen molar-refractivity contribution in [1.29, 1.82) is 0 Å². The molecule has 0 radical (unpaired) electrons. The number of hydrogen-bond donors (Lipinski definition) is 0. The second-order valence-electron chi connectivity index (χ2n) is 8.19. The molecule has 0 saturated heterocycles. The zero-order chi connectivity index (χ0) is 25.0. The number of rotatable bonds is 11. The van der Waals surface area contributed by atoms with Crippen molar-refractivity contribution in [2.24, 2.45) is 0 Å². The average molecular weight is 513 g/mol. The molecular formula is C30H28N2O2S2. The Bertz CT molecular complexity index is 1160. The first-order valence-corrected chi connectivity index (χ1v) is 13.5. The highest BCUT2D eigenvalue weighted by Gasteiger charge is 2.17. The molecule has 0 unspecified atom stereocenters. The SMILES string of the molecule is O=C(C=Cc1cccs1)N(CCN(Cc1ccccc1)C(=O)C=Cc1cccs1)Cc1ccccc1. The molecule has 0 spiro atoms. The lowest BCUT2D eigenvalue weighted by molar-refractivity contribution is -0.130. The monoisotopic (exact) mass is 512 g/mol. The van der Waals surface area contributed by atoms with E-state index in [0.717, 1.165) is 20.9 Å². The number of carbonyl (C=O) groups is 2. The molecule has 2 aromatic heterocycles. The summed E-state index contributed by atoms with van der Waals surface area (Å²) in [6, 6.07) is 27.8. The van der Waals surface area contributed by atoms with Crippen LogP contribution in [0.3, 0.4) is 0 Å². The van der Waals surface area contributed by atoms with Crippen molar-refractivity contribution in [1.82, 2.24) is 9.80 Å². The zero-order valence-corrected chi connectivity index (χ0v) is 21.5. The highest BCUT2D eigenvalue weighted by molar-refractivity contribution is 7.11. The average Bonchev–Trinajstić information content (AvgIpc) is 3.63. The molecule has 4 nitrogen and oxygen atoms in total. The first-order valence-electron chi connectivity index (χ1n) is 11.8. The van der Waals surface area contributed by atoms with Crippen LogP contribution in [0.2, 0.25) is 0 Å². The van der Waals surface area contributed by atoms with Gasteiger partial charge in [-0.25, -0.2) is 0 Å². The zero-order valence-electron chi connectivity index (χ0n) is 19.9. The van der Waals surface area contributed by atoms with E-state index in [9.17, 15) is 9.59 Å². The van der Waals surface area contributed by atoms with Gasteiger partial charge in [-0.2, -0.15) is 0 Å². The van der Waals surface area contributed by atoms with Gasteiger partial charge in [0.1, 0.15) is 0 Å². The molecule has 0 aliphatic heterocycles. The molecule has 0 bridgehead atoms. The van der Waals surface area contributed by atoms with Crippen molar-refractivity contribution in [3.05, 3.63) is 129 Å². The summed E-state index contributed by atoms with van der Waals surface area (Å²) in [5, 5.41) is 3.98. The van der Waals surface area contributed by atoms with Gasteiger partial charge >= 0.3 is 0 Å². The van der Waals surface area contributed by atoms with Crippen LogP contribution < -0.4 is 0 Å². The van der Waals surface area contributed by atoms with Gasteiger partial charge in [0.25, 0.3) is 0 Å². The van der Waals surface area contributed by atoms with Crippen molar-refractivity contribution in [3.8, 4) is 0 Å². The fraction of sp³-hybridized carbons (Fsp3) is 0.133. The first-order chi connectivity index (χ1) is 17.7. The lowest BCUT2D eigenvalue weighted by Gasteiger charge is -2.27. The molecule has 36 heavy (non-hydrogen) atoms. The van der Waals surface area contributed by atoms with Gasteiger partial charge in [-0.05, 0) is 46.2 Å². The van der Waals surface area contributed by atoms with E-state index in [4.69, 9.17) is 0 Å². The molecular weight excluding hydrogens is 484 g/mol. The van der Waals surface area contributed by atoms with Crippen molar-refractivity contribution in [2.45, 2.75) is 13.1 Å². The standard InChI is InChI=1S/C30H28N2O2S2/c33-29(17-15-27-13-7-21-35-27)31(23-25-9-3-1-4-10-25)19-20-32(24-26-11-5-2-6-12-26)30(34)18-16-28-14-8-22-36-28/h1-18,21-22H,19-20,23-24H2. The first kappa shape index (κ1) is 25.4. The molecule has 0 aliphatic carbocycles. The second kappa shape index (κ2) is 13.4. The summed E-state index contributed by atoms with van der Waals surface area (Å²) >= 11 is 3.18. The minimum Gasteiger partial charge on any atom is -0.333 e. The molecule has 2 heterocycles. The second-order valence-corrected chi connectivity index (χ2v) is 10.1. The molecule has 0 N–H and O–H groups in total. The smallest absolute Gasteiger partial charge is 0.246 e. The van der Waals surface area contributed by atoms with Crippen molar-refractivity contribution < 1.29 is 9.59 Å². The van der Waals surface area contributed by atoms with Gasteiger partial charge in [0, 0.05) is 48.1 Å². The number of amides is 2. The summed E-state index contributed by atoms with van der Waals surface area (Å²) in [5.41, 5.74) is 2.10. The van der Waals surface area contributed by atoms with Gasteiger partial charge in [-0.1, -0.05) is 72.8 Å². The molecule has 0 atom stereocenters. The van der Waals surface area contributed by atoms with Crippen LogP contribution in [0.25, 0.3) is 12.2 Å². The van der Waals surface area contributed by atoms with Gasteiger partial charge in [0.15, 0.2) is 0 Å².